The Balaban J connectivity index is 3.12. The largest absolute Gasteiger partial charge is 0.365 e. The number of aryl methyl sites for hydroxylation is 2. The topological polar surface area (TPSA) is 15.8 Å². The summed E-state index contributed by atoms with van der Waals surface area (Å²) in [5, 5.41) is 0. The van der Waals surface area contributed by atoms with Crippen LogP contribution in [0.15, 0.2) is 12.3 Å². The Morgan fingerprint density at radius 3 is 2.29 bits per heavy atom. The molecule has 7 heavy (non-hydrogen) atoms. The average molecular weight is 95.1 g/mol. The molecule has 1 nitrogen and oxygen atoms in total. The van der Waals surface area contributed by atoms with Gasteiger partial charge < -0.3 is 4.98 Å². The SMILES string of the molecule is Cc1cc[nH]c1C. The van der Waals surface area contributed by atoms with Crippen LogP contribution in [0.1, 0.15) is 11.3 Å². The van der Waals surface area contributed by atoms with Crippen molar-refractivity contribution in [2.75, 3.05) is 0 Å². The highest BCUT2D eigenvalue weighted by molar-refractivity contribution is 5.15. The fourth-order valence-electron chi connectivity index (χ4n) is 0.531. The molecule has 1 heteroatoms. The van der Waals surface area contributed by atoms with Crippen LogP contribution in [-0.2, 0) is 0 Å². The lowest BCUT2D eigenvalue weighted by Crippen LogP contribution is -1.69. The molecule has 0 aliphatic heterocycles. The maximum atomic E-state index is 3.07. The minimum atomic E-state index is 1.26. The van der Waals surface area contributed by atoms with E-state index in [0.29, 0.717) is 0 Å². The molecule has 0 radical (unpaired) electrons. The van der Waals surface area contributed by atoms with Gasteiger partial charge in [-0.15, -0.1) is 0 Å². The van der Waals surface area contributed by atoms with Crippen molar-refractivity contribution < 1.29 is 0 Å². The lowest BCUT2D eigenvalue weighted by Gasteiger charge is -1.81. The number of rotatable bonds is 0. The summed E-state index contributed by atoms with van der Waals surface area (Å²) >= 11 is 0. The number of hydrogen-bond acceptors (Lipinski definition) is 0. The van der Waals surface area contributed by atoms with Gasteiger partial charge in [0.2, 0.25) is 0 Å². The van der Waals surface area contributed by atoms with Crippen LogP contribution in [0.3, 0.4) is 0 Å². The lowest BCUT2D eigenvalue weighted by atomic mass is 10.3. The van der Waals surface area contributed by atoms with E-state index in [4.69, 9.17) is 0 Å². The molecule has 0 amide bonds. The van der Waals surface area contributed by atoms with Gasteiger partial charge in [-0.3, -0.25) is 0 Å². The zero-order valence-electron chi connectivity index (χ0n) is 4.65. The molecule has 38 valence electrons. The van der Waals surface area contributed by atoms with E-state index >= 15 is 0 Å². The monoisotopic (exact) mass is 95.1 g/mol. The summed E-state index contributed by atoms with van der Waals surface area (Å²) in [6.45, 7) is 4.15. The zero-order chi connectivity index (χ0) is 5.28. The van der Waals surface area contributed by atoms with E-state index in [1.54, 1.807) is 0 Å². The van der Waals surface area contributed by atoms with Crippen LogP contribution in [0.4, 0.5) is 0 Å². The first-order valence-corrected chi connectivity index (χ1v) is 2.41. The molecule has 1 N–H and O–H groups in total. The third kappa shape index (κ3) is 0.660. The standard InChI is InChI=1S/C6H9N/c1-5-3-4-7-6(5)2/h3-4,7H,1-2H3. The molecule has 0 saturated heterocycles. The van der Waals surface area contributed by atoms with Gasteiger partial charge >= 0.3 is 0 Å². The third-order valence-corrected chi connectivity index (χ3v) is 1.22. The summed E-state index contributed by atoms with van der Waals surface area (Å²) in [5.74, 6) is 0. The van der Waals surface area contributed by atoms with Crippen LogP contribution in [0, 0.1) is 13.8 Å². The predicted molar refractivity (Wildman–Crippen MR) is 30.3 cm³/mol. The van der Waals surface area contributed by atoms with Gasteiger partial charge in [0, 0.05) is 11.9 Å². The molecule has 0 saturated carbocycles. The van der Waals surface area contributed by atoms with Crippen LogP contribution < -0.4 is 0 Å². The first-order valence-electron chi connectivity index (χ1n) is 2.41. The van der Waals surface area contributed by atoms with E-state index in [1.165, 1.54) is 11.3 Å². The number of aromatic nitrogens is 1. The molecule has 0 aromatic carbocycles. The minimum Gasteiger partial charge on any atom is -0.365 e. The molecule has 0 spiro atoms. The molecular weight excluding hydrogens is 86.1 g/mol. The molecule has 1 heterocycles. The quantitative estimate of drug-likeness (QED) is 0.504. The summed E-state index contributed by atoms with van der Waals surface area (Å²) < 4.78 is 0. The Morgan fingerprint density at radius 1 is 1.43 bits per heavy atom. The maximum Gasteiger partial charge on any atom is 0.0145 e. The van der Waals surface area contributed by atoms with Crippen molar-refractivity contribution in [3.05, 3.63) is 23.5 Å². The number of aromatic amines is 1. The van der Waals surface area contributed by atoms with Crippen LogP contribution >= 0.6 is 0 Å². The fourth-order valence-corrected chi connectivity index (χ4v) is 0.531. The van der Waals surface area contributed by atoms with E-state index in [9.17, 15) is 0 Å². The van der Waals surface area contributed by atoms with Gasteiger partial charge in [0.25, 0.3) is 0 Å². The molecule has 1 aromatic heterocycles. The molecule has 1 rings (SSSR count). The highest BCUT2D eigenvalue weighted by Gasteiger charge is 1.85. The summed E-state index contributed by atoms with van der Waals surface area (Å²) in [6, 6.07) is 2.06. The smallest absolute Gasteiger partial charge is 0.0145 e. The molecule has 0 aliphatic rings. The van der Waals surface area contributed by atoms with E-state index < -0.39 is 0 Å². The highest BCUT2D eigenvalue weighted by Crippen LogP contribution is 1.99. The lowest BCUT2D eigenvalue weighted by molar-refractivity contribution is 1.23. The molecule has 0 fully saturated rings. The zero-order valence-corrected chi connectivity index (χ0v) is 4.65. The molecule has 0 aliphatic carbocycles. The van der Waals surface area contributed by atoms with Crippen molar-refractivity contribution in [2.24, 2.45) is 0 Å². The predicted octanol–water partition coefficient (Wildman–Crippen LogP) is 1.63. The Morgan fingerprint density at radius 2 is 2.14 bits per heavy atom. The molecular formula is C6H9N. The van der Waals surface area contributed by atoms with Gasteiger partial charge in [0.15, 0.2) is 0 Å². The van der Waals surface area contributed by atoms with Crippen molar-refractivity contribution in [3.8, 4) is 0 Å². The summed E-state index contributed by atoms with van der Waals surface area (Å²) in [4.78, 5) is 3.07. The van der Waals surface area contributed by atoms with Gasteiger partial charge in [0.05, 0.1) is 0 Å². The van der Waals surface area contributed by atoms with Gasteiger partial charge in [-0.1, -0.05) is 0 Å². The van der Waals surface area contributed by atoms with E-state index in [2.05, 4.69) is 24.9 Å². The van der Waals surface area contributed by atoms with Crippen molar-refractivity contribution in [2.45, 2.75) is 13.8 Å². The molecule has 0 unspecified atom stereocenters. The highest BCUT2D eigenvalue weighted by atomic mass is 14.7. The Kier molecular flexibility index (Phi) is 0.895. The van der Waals surface area contributed by atoms with Crippen LogP contribution in [0.25, 0.3) is 0 Å². The molecule has 1 aromatic rings. The second-order valence-corrected chi connectivity index (χ2v) is 1.79. The Bertz CT molecular complexity index is 136. The van der Waals surface area contributed by atoms with E-state index in [0.717, 1.165) is 0 Å². The summed E-state index contributed by atoms with van der Waals surface area (Å²) in [7, 11) is 0. The molecule has 0 atom stereocenters. The van der Waals surface area contributed by atoms with Gasteiger partial charge in [-0.2, -0.15) is 0 Å². The van der Waals surface area contributed by atoms with Crippen LogP contribution in [0.5, 0.6) is 0 Å². The second kappa shape index (κ2) is 1.41. The van der Waals surface area contributed by atoms with Gasteiger partial charge in [-0.25, -0.2) is 0 Å². The average Bonchev–Trinajstić information content (AvgIpc) is 1.91. The number of H-pyrrole nitrogens is 1. The normalized spacial score (nSPS) is 9.43. The first kappa shape index (κ1) is 4.44. The van der Waals surface area contributed by atoms with E-state index in [1.807, 2.05) is 6.20 Å². The Hall–Kier alpha value is -0.720. The van der Waals surface area contributed by atoms with Crippen LogP contribution in [0.2, 0.25) is 0 Å². The second-order valence-electron chi connectivity index (χ2n) is 1.79. The molecule has 0 bridgehead atoms. The fraction of sp³-hybridized carbons (Fsp3) is 0.333. The maximum absolute atomic E-state index is 3.07. The van der Waals surface area contributed by atoms with Crippen molar-refractivity contribution in [1.82, 2.24) is 4.98 Å². The third-order valence-electron chi connectivity index (χ3n) is 1.22. The summed E-state index contributed by atoms with van der Waals surface area (Å²) in [6.07, 6.45) is 1.95. The first-order chi connectivity index (χ1) is 3.30. The van der Waals surface area contributed by atoms with Gasteiger partial charge in [-0.05, 0) is 25.5 Å². The van der Waals surface area contributed by atoms with Crippen molar-refractivity contribution >= 4 is 0 Å². The van der Waals surface area contributed by atoms with E-state index in [-0.39, 0.29) is 0 Å². The summed E-state index contributed by atoms with van der Waals surface area (Å²) in [5.41, 5.74) is 2.60. The Labute approximate surface area is 43.4 Å². The van der Waals surface area contributed by atoms with Gasteiger partial charge in [0.1, 0.15) is 0 Å². The number of nitrogens with one attached hydrogen (secondary N) is 1. The van der Waals surface area contributed by atoms with Crippen molar-refractivity contribution in [3.63, 3.8) is 0 Å². The van der Waals surface area contributed by atoms with Crippen molar-refractivity contribution in [1.29, 1.82) is 0 Å². The minimum absolute atomic E-state index is 1.26. The van der Waals surface area contributed by atoms with Crippen LogP contribution in [-0.4, -0.2) is 4.98 Å². The number of hydrogen-bond donors (Lipinski definition) is 1.